The molecule has 0 spiro atoms. The summed E-state index contributed by atoms with van der Waals surface area (Å²) in [4.78, 5) is 0. The smallest absolute Gasteiger partial charge is 0.134 e. The Morgan fingerprint density at radius 2 is 2.33 bits per heavy atom. The van der Waals surface area contributed by atoms with Gasteiger partial charge in [0.1, 0.15) is 5.75 Å². The van der Waals surface area contributed by atoms with Crippen LogP contribution in [0.1, 0.15) is 5.56 Å². The second-order valence-corrected chi connectivity index (χ2v) is 2.60. The van der Waals surface area contributed by atoms with Gasteiger partial charge >= 0.3 is 0 Å². The van der Waals surface area contributed by atoms with Gasteiger partial charge in [0.15, 0.2) is 0 Å². The maximum atomic E-state index is 9.08. The molecular formula is C8H9ClN2O. The molecule has 1 aromatic rings. The SMILES string of the molecule is CNN=Cc1ccc(O)c(Cl)c1. The Morgan fingerprint density at radius 3 is 2.92 bits per heavy atom. The summed E-state index contributed by atoms with van der Waals surface area (Å²) in [6.45, 7) is 0. The van der Waals surface area contributed by atoms with Crippen molar-refractivity contribution in [2.24, 2.45) is 5.10 Å². The van der Waals surface area contributed by atoms with E-state index in [0.29, 0.717) is 5.02 Å². The van der Waals surface area contributed by atoms with Gasteiger partial charge < -0.3 is 10.5 Å². The van der Waals surface area contributed by atoms with E-state index in [1.54, 1.807) is 25.4 Å². The molecule has 1 rings (SSSR count). The molecule has 2 N–H and O–H groups in total. The number of hydrazone groups is 1. The fourth-order valence-electron chi connectivity index (χ4n) is 0.743. The second kappa shape index (κ2) is 3.97. The van der Waals surface area contributed by atoms with E-state index < -0.39 is 0 Å². The van der Waals surface area contributed by atoms with Crippen LogP contribution in [-0.4, -0.2) is 18.4 Å². The predicted octanol–water partition coefficient (Wildman–Crippen LogP) is 1.60. The third-order valence-electron chi connectivity index (χ3n) is 1.31. The van der Waals surface area contributed by atoms with E-state index in [2.05, 4.69) is 10.5 Å². The molecule has 0 atom stereocenters. The first-order chi connectivity index (χ1) is 5.74. The first-order valence-electron chi connectivity index (χ1n) is 3.42. The Hall–Kier alpha value is -1.22. The molecule has 0 saturated carbocycles. The lowest BCUT2D eigenvalue weighted by molar-refractivity contribution is 0.475. The van der Waals surface area contributed by atoms with Crippen molar-refractivity contribution < 1.29 is 5.11 Å². The third kappa shape index (κ3) is 2.13. The zero-order valence-electron chi connectivity index (χ0n) is 6.58. The highest BCUT2D eigenvalue weighted by Gasteiger charge is 1.96. The van der Waals surface area contributed by atoms with Crippen molar-refractivity contribution in [1.29, 1.82) is 0 Å². The van der Waals surface area contributed by atoms with E-state index in [9.17, 15) is 0 Å². The fraction of sp³-hybridized carbons (Fsp3) is 0.125. The van der Waals surface area contributed by atoms with E-state index in [0.717, 1.165) is 5.56 Å². The number of nitrogens with zero attached hydrogens (tertiary/aromatic N) is 1. The molecule has 1 aromatic carbocycles. The number of halogens is 1. The van der Waals surface area contributed by atoms with Gasteiger partial charge in [0, 0.05) is 7.05 Å². The molecule has 0 heterocycles. The molecule has 0 fully saturated rings. The molecule has 0 aromatic heterocycles. The number of benzene rings is 1. The fourth-order valence-corrected chi connectivity index (χ4v) is 0.932. The quantitative estimate of drug-likeness (QED) is 0.542. The minimum Gasteiger partial charge on any atom is -0.506 e. The minimum atomic E-state index is 0.0817. The standard InChI is InChI=1S/C8H9ClN2O/c1-10-11-5-6-2-3-8(12)7(9)4-6/h2-5,10,12H,1H3. The van der Waals surface area contributed by atoms with Crippen LogP contribution in [0.4, 0.5) is 0 Å². The van der Waals surface area contributed by atoms with Crippen molar-refractivity contribution >= 4 is 17.8 Å². The molecule has 0 aliphatic heterocycles. The van der Waals surface area contributed by atoms with Gasteiger partial charge in [0.2, 0.25) is 0 Å². The van der Waals surface area contributed by atoms with E-state index in [1.807, 2.05) is 0 Å². The number of hydrogen-bond acceptors (Lipinski definition) is 3. The summed E-state index contributed by atoms with van der Waals surface area (Å²) in [7, 11) is 1.71. The topological polar surface area (TPSA) is 44.6 Å². The van der Waals surface area contributed by atoms with Crippen LogP contribution in [-0.2, 0) is 0 Å². The lowest BCUT2D eigenvalue weighted by Crippen LogP contribution is -1.94. The van der Waals surface area contributed by atoms with Crippen LogP contribution < -0.4 is 5.43 Å². The van der Waals surface area contributed by atoms with Gasteiger partial charge in [-0.1, -0.05) is 11.6 Å². The Kier molecular flexibility index (Phi) is 2.94. The summed E-state index contributed by atoms with van der Waals surface area (Å²) in [5.74, 6) is 0.0817. The molecule has 0 amide bonds. The Balaban J connectivity index is 2.89. The van der Waals surface area contributed by atoms with Crippen molar-refractivity contribution in [3.05, 3.63) is 28.8 Å². The molecule has 64 valence electrons. The maximum absolute atomic E-state index is 9.08. The molecule has 4 heteroatoms. The minimum absolute atomic E-state index is 0.0817. The maximum Gasteiger partial charge on any atom is 0.134 e. The molecular weight excluding hydrogens is 176 g/mol. The summed E-state index contributed by atoms with van der Waals surface area (Å²) >= 11 is 5.66. The van der Waals surface area contributed by atoms with Crippen molar-refractivity contribution in [1.82, 2.24) is 5.43 Å². The van der Waals surface area contributed by atoms with E-state index in [4.69, 9.17) is 16.7 Å². The van der Waals surface area contributed by atoms with Crippen LogP contribution in [0.3, 0.4) is 0 Å². The van der Waals surface area contributed by atoms with Gasteiger partial charge in [-0.2, -0.15) is 5.10 Å². The van der Waals surface area contributed by atoms with Crippen molar-refractivity contribution in [2.75, 3.05) is 7.05 Å². The van der Waals surface area contributed by atoms with Crippen LogP contribution in [0.2, 0.25) is 5.02 Å². The molecule has 3 nitrogen and oxygen atoms in total. The molecule has 0 unspecified atom stereocenters. The van der Waals surface area contributed by atoms with Crippen LogP contribution in [0.15, 0.2) is 23.3 Å². The monoisotopic (exact) mass is 184 g/mol. The number of nitrogens with one attached hydrogen (secondary N) is 1. The summed E-state index contributed by atoms with van der Waals surface area (Å²) in [6.07, 6.45) is 1.62. The third-order valence-corrected chi connectivity index (χ3v) is 1.62. The summed E-state index contributed by atoms with van der Waals surface area (Å²) in [5.41, 5.74) is 3.45. The number of rotatable bonds is 2. The van der Waals surface area contributed by atoms with Crippen molar-refractivity contribution in [3.63, 3.8) is 0 Å². The molecule has 12 heavy (non-hydrogen) atoms. The Bertz CT molecular complexity index is 299. The van der Waals surface area contributed by atoms with E-state index >= 15 is 0 Å². The zero-order valence-corrected chi connectivity index (χ0v) is 7.34. The molecule has 0 radical (unpaired) electrons. The van der Waals surface area contributed by atoms with Gasteiger partial charge in [0.05, 0.1) is 11.2 Å². The highest BCUT2D eigenvalue weighted by molar-refractivity contribution is 6.32. The van der Waals surface area contributed by atoms with Gasteiger partial charge in [0.25, 0.3) is 0 Å². The lowest BCUT2D eigenvalue weighted by Gasteiger charge is -1.96. The highest BCUT2D eigenvalue weighted by atomic mass is 35.5. The average Bonchev–Trinajstić information content (AvgIpc) is 2.07. The van der Waals surface area contributed by atoms with E-state index in [1.165, 1.54) is 6.07 Å². The van der Waals surface area contributed by atoms with Gasteiger partial charge in [-0.3, -0.25) is 0 Å². The number of aromatic hydroxyl groups is 1. The average molecular weight is 185 g/mol. The normalized spacial score (nSPS) is 10.5. The van der Waals surface area contributed by atoms with Crippen molar-refractivity contribution in [2.45, 2.75) is 0 Å². The Morgan fingerprint density at radius 1 is 1.58 bits per heavy atom. The molecule has 0 aliphatic rings. The first-order valence-corrected chi connectivity index (χ1v) is 3.80. The van der Waals surface area contributed by atoms with Gasteiger partial charge in [-0.05, 0) is 23.8 Å². The zero-order chi connectivity index (χ0) is 8.97. The summed E-state index contributed by atoms with van der Waals surface area (Å²) in [6, 6.07) is 4.89. The van der Waals surface area contributed by atoms with Gasteiger partial charge in [-0.25, -0.2) is 0 Å². The van der Waals surface area contributed by atoms with Crippen LogP contribution >= 0.6 is 11.6 Å². The molecule has 0 saturated heterocycles. The van der Waals surface area contributed by atoms with Crippen LogP contribution in [0.5, 0.6) is 5.75 Å². The van der Waals surface area contributed by atoms with Crippen LogP contribution in [0, 0.1) is 0 Å². The largest absolute Gasteiger partial charge is 0.506 e. The number of phenolic OH excluding ortho intramolecular Hbond substituents is 1. The van der Waals surface area contributed by atoms with Crippen molar-refractivity contribution in [3.8, 4) is 5.75 Å². The van der Waals surface area contributed by atoms with E-state index in [-0.39, 0.29) is 5.75 Å². The molecule has 0 aliphatic carbocycles. The first kappa shape index (κ1) is 8.87. The lowest BCUT2D eigenvalue weighted by atomic mass is 10.2. The number of hydrogen-bond donors (Lipinski definition) is 2. The highest BCUT2D eigenvalue weighted by Crippen LogP contribution is 2.22. The van der Waals surface area contributed by atoms with Crippen LogP contribution in [0.25, 0.3) is 0 Å². The predicted molar refractivity (Wildman–Crippen MR) is 49.8 cm³/mol. The second-order valence-electron chi connectivity index (χ2n) is 2.19. The number of phenols is 1. The summed E-state index contributed by atoms with van der Waals surface area (Å²) in [5, 5.41) is 13.2. The molecule has 0 bridgehead atoms. The Labute approximate surface area is 75.7 Å². The van der Waals surface area contributed by atoms with Gasteiger partial charge in [-0.15, -0.1) is 0 Å². The summed E-state index contributed by atoms with van der Waals surface area (Å²) < 4.78 is 0.